The minimum atomic E-state index is -3.20. The van der Waals surface area contributed by atoms with Gasteiger partial charge >= 0.3 is 0 Å². The lowest BCUT2D eigenvalue weighted by molar-refractivity contribution is 0.501. The van der Waals surface area contributed by atoms with Crippen LogP contribution in [0.5, 0.6) is 0 Å². The van der Waals surface area contributed by atoms with Crippen molar-refractivity contribution >= 4 is 32.6 Å². The van der Waals surface area contributed by atoms with Gasteiger partial charge in [0.25, 0.3) is 0 Å². The fourth-order valence-electron chi connectivity index (χ4n) is 1.91. The maximum atomic E-state index is 11.9. The molecule has 0 amide bonds. The minimum Gasteiger partial charge on any atom is -0.310 e. The fraction of sp³-hybridized carbons (Fsp3) is 0.538. The van der Waals surface area contributed by atoms with E-state index >= 15 is 0 Å². The van der Waals surface area contributed by atoms with Crippen molar-refractivity contribution in [1.29, 1.82) is 0 Å². The molecule has 0 aliphatic heterocycles. The summed E-state index contributed by atoms with van der Waals surface area (Å²) >= 11 is 5.93. The Morgan fingerprint density at radius 1 is 1.30 bits per heavy atom. The molecular weight excluding hydrogens is 298 g/mol. The summed E-state index contributed by atoms with van der Waals surface area (Å²) < 4.78 is 24.7. The van der Waals surface area contributed by atoms with E-state index in [1.54, 1.807) is 18.4 Å². The van der Waals surface area contributed by atoms with Gasteiger partial charge in [-0.1, -0.05) is 0 Å². The number of pyridine rings is 1. The first-order valence-corrected chi connectivity index (χ1v) is 8.66. The minimum absolute atomic E-state index is 0.218. The Bertz CT molecular complexity index is 750. The summed E-state index contributed by atoms with van der Waals surface area (Å²) in [5, 5.41) is 0. The zero-order valence-electron chi connectivity index (χ0n) is 12.0. The Labute approximate surface area is 123 Å². The topological polar surface area (TPSA) is 64.8 Å². The van der Waals surface area contributed by atoms with Gasteiger partial charge < -0.3 is 4.57 Å². The van der Waals surface area contributed by atoms with Gasteiger partial charge in [-0.05, 0) is 32.9 Å². The van der Waals surface area contributed by atoms with Gasteiger partial charge in [-0.25, -0.2) is 18.4 Å². The number of halogens is 1. The first kappa shape index (κ1) is 15.3. The predicted octanol–water partition coefficient (Wildman–Crippen LogP) is 2.30. The summed E-state index contributed by atoms with van der Waals surface area (Å²) in [5.41, 5.74) is 2.27. The highest BCUT2D eigenvalue weighted by Crippen LogP contribution is 2.23. The number of aryl methyl sites for hydroxylation is 1. The molecule has 2 heterocycles. The Balaban J connectivity index is 2.61. The SMILES string of the molecule is Cc1ccc2nc(CCl)n(CC(C)(C)S(C)(=O)=O)c2n1. The summed E-state index contributed by atoms with van der Waals surface area (Å²) in [7, 11) is -3.20. The number of alkyl halides is 1. The average molecular weight is 316 g/mol. The Morgan fingerprint density at radius 3 is 2.50 bits per heavy atom. The summed E-state index contributed by atoms with van der Waals surface area (Å²) in [6.45, 7) is 5.56. The third-order valence-electron chi connectivity index (χ3n) is 3.47. The van der Waals surface area contributed by atoms with Crippen LogP contribution in [0.3, 0.4) is 0 Å². The van der Waals surface area contributed by atoms with Gasteiger partial charge in [-0.2, -0.15) is 0 Å². The molecule has 0 fully saturated rings. The van der Waals surface area contributed by atoms with Crippen LogP contribution in [0.2, 0.25) is 0 Å². The summed E-state index contributed by atoms with van der Waals surface area (Å²) in [4.78, 5) is 8.87. The second kappa shape index (κ2) is 5.00. The first-order chi connectivity index (χ1) is 9.15. The van der Waals surface area contributed by atoms with E-state index in [0.29, 0.717) is 11.5 Å². The van der Waals surface area contributed by atoms with Crippen molar-refractivity contribution < 1.29 is 8.42 Å². The molecule has 7 heteroatoms. The normalized spacial score (nSPS) is 13.1. The molecule has 0 aliphatic rings. The van der Waals surface area contributed by atoms with Gasteiger partial charge in [0.05, 0.1) is 10.6 Å². The van der Waals surface area contributed by atoms with E-state index in [1.807, 2.05) is 19.1 Å². The van der Waals surface area contributed by atoms with Crippen LogP contribution in [0.1, 0.15) is 25.4 Å². The molecule has 0 aliphatic carbocycles. The van der Waals surface area contributed by atoms with Crippen molar-refractivity contribution in [3.05, 3.63) is 23.7 Å². The number of hydrogen-bond acceptors (Lipinski definition) is 4. The molecular formula is C13H18ClN3O2S. The molecule has 0 unspecified atom stereocenters. The van der Waals surface area contributed by atoms with E-state index in [0.717, 1.165) is 11.2 Å². The number of nitrogens with zero attached hydrogens (tertiary/aromatic N) is 3. The maximum absolute atomic E-state index is 11.9. The van der Waals surface area contributed by atoms with Crippen molar-refractivity contribution in [2.75, 3.05) is 6.26 Å². The molecule has 20 heavy (non-hydrogen) atoms. The van der Waals surface area contributed by atoms with Crippen LogP contribution >= 0.6 is 11.6 Å². The summed E-state index contributed by atoms with van der Waals surface area (Å²) in [6, 6.07) is 3.75. The van der Waals surface area contributed by atoms with Crippen molar-refractivity contribution in [3.8, 4) is 0 Å². The predicted molar refractivity (Wildman–Crippen MR) is 80.7 cm³/mol. The molecule has 0 saturated heterocycles. The van der Waals surface area contributed by atoms with E-state index < -0.39 is 14.6 Å². The highest BCUT2D eigenvalue weighted by atomic mass is 35.5. The van der Waals surface area contributed by atoms with Crippen LogP contribution in [0.4, 0.5) is 0 Å². The molecule has 0 bridgehead atoms. The molecule has 110 valence electrons. The largest absolute Gasteiger partial charge is 0.310 e. The molecule has 2 aromatic rings. The van der Waals surface area contributed by atoms with Crippen molar-refractivity contribution in [1.82, 2.24) is 14.5 Å². The van der Waals surface area contributed by atoms with Crippen molar-refractivity contribution in [3.63, 3.8) is 0 Å². The highest BCUT2D eigenvalue weighted by molar-refractivity contribution is 7.92. The lowest BCUT2D eigenvalue weighted by Gasteiger charge is -2.24. The molecule has 5 nitrogen and oxygen atoms in total. The second-order valence-electron chi connectivity index (χ2n) is 5.58. The molecule has 0 atom stereocenters. The van der Waals surface area contributed by atoms with Gasteiger partial charge in [-0.3, -0.25) is 0 Å². The first-order valence-electron chi connectivity index (χ1n) is 6.24. The smallest absolute Gasteiger partial charge is 0.160 e. The van der Waals surface area contributed by atoms with Crippen LogP contribution in [0.15, 0.2) is 12.1 Å². The molecule has 2 aromatic heterocycles. The summed E-state index contributed by atoms with van der Waals surface area (Å²) in [6.07, 6.45) is 1.24. The van der Waals surface area contributed by atoms with Crippen molar-refractivity contribution in [2.24, 2.45) is 0 Å². The summed E-state index contributed by atoms with van der Waals surface area (Å²) in [5.74, 6) is 0.853. The molecule has 0 saturated carbocycles. The lowest BCUT2D eigenvalue weighted by atomic mass is 10.2. The van der Waals surface area contributed by atoms with Crippen LogP contribution < -0.4 is 0 Å². The van der Waals surface area contributed by atoms with E-state index in [9.17, 15) is 8.42 Å². The van der Waals surface area contributed by atoms with Crippen LogP contribution in [0.25, 0.3) is 11.2 Å². The van der Waals surface area contributed by atoms with Gasteiger partial charge in [-0.15, -0.1) is 11.6 Å². The molecule has 2 rings (SSSR count). The number of rotatable bonds is 4. The number of hydrogen-bond donors (Lipinski definition) is 0. The number of fused-ring (bicyclic) bond motifs is 1. The third-order valence-corrected chi connectivity index (χ3v) is 5.85. The third kappa shape index (κ3) is 2.67. The maximum Gasteiger partial charge on any atom is 0.160 e. The second-order valence-corrected chi connectivity index (χ2v) is 8.49. The zero-order chi connectivity index (χ0) is 15.1. The highest BCUT2D eigenvalue weighted by Gasteiger charge is 2.32. The Morgan fingerprint density at radius 2 is 1.95 bits per heavy atom. The van der Waals surface area contributed by atoms with E-state index in [2.05, 4.69) is 9.97 Å². The van der Waals surface area contributed by atoms with Crippen molar-refractivity contribution in [2.45, 2.75) is 37.9 Å². The van der Waals surface area contributed by atoms with Crippen LogP contribution in [-0.4, -0.2) is 34.0 Å². The Hall–Kier alpha value is -1.14. The quantitative estimate of drug-likeness (QED) is 0.812. The monoisotopic (exact) mass is 315 g/mol. The van der Waals surface area contributed by atoms with Gasteiger partial charge in [0.2, 0.25) is 0 Å². The molecule has 0 radical (unpaired) electrons. The fourth-order valence-corrected chi connectivity index (χ4v) is 2.48. The van der Waals surface area contributed by atoms with Gasteiger partial charge in [0, 0.05) is 18.5 Å². The molecule has 0 N–H and O–H groups in total. The zero-order valence-corrected chi connectivity index (χ0v) is 13.6. The van der Waals surface area contributed by atoms with Gasteiger partial charge in [0.1, 0.15) is 11.3 Å². The van der Waals surface area contributed by atoms with Gasteiger partial charge in [0.15, 0.2) is 15.5 Å². The Kier molecular flexibility index (Phi) is 3.81. The van der Waals surface area contributed by atoms with Crippen LogP contribution in [-0.2, 0) is 22.3 Å². The van der Waals surface area contributed by atoms with E-state index in [1.165, 1.54) is 6.26 Å². The standard InChI is InChI=1S/C13H18ClN3O2S/c1-9-5-6-10-12(15-9)17(11(7-14)16-10)8-13(2,3)20(4,18)19/h5-6H,7-8H2,1-4H3. The van der Waals surface area contributed by atoms with Crippen LogP contribution in [0, 0.1) is 6.92 Å². The number of sulfone groups is 1. The molecule has 0 spiro atoms. The average Bonchev–Trinajstić information content (AvgIpc) is 2.65. The van der Waals surface area contributed by atoms with E-state index in [-0.39, 0.29) is 12.4 Å². The number of aromatic nitrogens is 3. The molecule has 0 aromatic carbocycles. The van der Waals surface area contributed by atoms with E-state index in [4.69, 9.17) is 11.6 Å². The lowest BCUT2D eigenvalue weighted by Crippen LogP contribution is -2.36. The number of imidazole rings is 1.